The smallest absolute Gasteiger partial charge is 0.188 e. The van der Waals surface area contributed by atoms with Gasteiger partial charge in [-0.05, 0) is 0 Å². The van der Waals surface area contributed by atoms with Crippen molar-refractivity contribution in [2.75, 3.05) is 40.1 Å². The molecule has 0 atom stereocenters. The van der Waals surface area contributed by atoms with Crippen LogP contribution in [0.5, 0.6) is 0 Å². The van der Waals surface area contributed by atoms with Crippen molar-refractivity contribution in [2.24, 2.45) is 0 Å². The van der Waals surface area contributed by atoms with Crippen molar-refractivity contribution in [3.8, 4) is 0 Å². The van der Waals surface area contributed by atoms with Crippen LogP contribution in [0.4, 0.5) is 0 Å². The van der Waals surface area contributed by atoms with Gasteiger partial charge in [0.25, 0.3) is 0 Å². The van der Waals surface area contributed by atoms with Gasteiger partial charge < -0.3 is 14.2 Å². The molecule has 0 saturated carbocycles. The minimum Gasteiger partial charge on any atom is -0.382 e. The Labute approximate surface area is 101 Å². The summed E-state index contributed by atoms with van der Waals surface area (Å²) < 4.78 is 15.2. The Hall–Kier alpha value is -1.23. The van der Waals surface area contributed by atoms with Gasteiger partial charge in [0.15, 0.2) is 5.78 Å². The predicted octanol–water partition coefficient (Wildman–Crippen LogP) is 1.55. The topological polar surface area (TPSA) is 44.8 Å². The molecule has 0 aliphatic rings. The minimum absolute atomic E-state index is 0.0116. The van der Waals surface area contributed by atoms with Crippen LogP contribution in [0.15, 0.2) is 30.3 Å². The number of benzene rings is 1. The first-order valence-corrected chi connectivity index (χ1v) is 5.57. The number of methoxy groups -OCH3 is 1. The number of Topliss-reactive ketones (excluding diaryl/α,β-unsaturated/α-hetero) is 1. The molecule has 0 saturated heterocycles. The highest BCUT2D eigenvalue weighted by Gasteiger charge is 2.04. The summed E-state index contributed by atoms with van der Waals surface area (Å²) in [4.78, 5) is 11.6. The van der Waals surface area contributed by atoms with E-state index in [9.17, 15) is 4.79 Å². The zero-order valence-electron chi connectivity index (χ0n) is 10.1. The van der Waals surface area contributed by atoms with E-state index in [0.717, 1.165) is 0 Å². The highest BCUT2D eigenvalue weighted by Crippen LogP contribution is 1.99. The van der Waals surface area contributed by atoms with Gasteiger partial charge in [-0.2, -0.15) is 0 Å². The van der Waals surface area contributed by atoms with E-state index in [1.807, 2.05) is 18.2 Å². The van der Waals surface area contributed by atoms with Crippen molar-refractivity contribution in [2.45, 2.75) is 0 Å². The van der Waals surface area contributed by atoms with E-state index in [2.05, 4.69) is 0 Å². The Morgan fingerprint density at radius 2 is 1.65 bits per heavy atom. The first-order valence-electron chi connectivity index (χ1n) is 5.57. The van der Waals surface area contributed by atoms with E-state index in [-0.39, 0.29) is 12.4 Å². The standard InChI is InChI=1S/C13H18O4/c1-15-7-8-16-9-10-17-11-13(14)12-5-3-2-4-6-12/h2-6H,7-11H2,1H3. The molecule has 0 aromatic heterocycles. The Bertz CT molecular complexity index is 310. The lowest BCUT2D eigenvalue weighted by atomic mass is 10.1. The van der Waals surface area contributed by atoms with Crippen LogP contribution in [0.1, 0.15) is 10.4 Å². The van der Waals surface area contributed by atoms with Crippen molar-refractivity contribution in [1.29, 1.82) is 0 Å². The quantitative estimate of drug-likeness (QED) is 0.483. The maximum atomic E-state index is 11.6. The largest absolute Gasteiger partial charge is 0.382 e. The van der Waals surface area contributed by atoms with E-state index in [0.29, 0.717) is 32.0 Å². The monoisotopic (exact) mass is 238 g/mol. The predicted molar refractivity (Wildman–Crippen MR) is 64.3 cm³/mol. The molecule has 94 valence electrons. The second-order valence-corrected chi connectivity index (χ2v) is 3.45. The van der Waals surface area contributed by atoms with Crippen LogP contribution in [0, 0.1) is 0 Å². The van der Waals surface area contributed by atoms with Gasteiger partial charge in [-0.25, -0.2) is 0 Å². The zero-order valence-corrected chi connectivity index (χ0v) is 10.1. The number of ketones is 1. The Morgan fingerprint density at radius 1 is 1.00 bits per heavy atom. The van der Waals surface area contributed by atoms with Gasteiger partial charge in [-0.3, -0.25) is 4.79 Å². The van der Waals surface area contributed by atoms with Crippen LogP contribution in [0.2, 0.25) is 0 Å². The van der Waals surface area contributed by atoms with Crippen molar-refractivity contribution in [1.82, 2.24) is 0 Å². The molecular formula is C13H18O4. The molecule has 1 rings (SSSR count). The summed E-state index contributed by atoms with van der Waals surface area (Å²) in [7, 11) is 1.62. The first kappa shape index (κ1) is 13.8. The number of carbonyl (C=O) groups excluding carboxylic acids is 1. The van der Waals surface area contributed by atoms with Crippen molar-refractivity contribution in [3.05, 3.63) is 35.9 Å². The molecule has 0 heterocycles. The number of ether oxygens (including phenoxy) is 3. The lowest BCUT2D eigenvalue weighted by Crippen LogP contribution is -2.13. The summed E-state index contributed by atoms with van der Waals surface area (Å²) in [5.74, 6) is -0.0116. The zero-order chi connectivity index (χ0) is 12.3. The van der Waals surface area contributed by atoms with Crippen molar-refractivity contribution in [3.63, 3.8) is 0 Å². The van der Waals surface area contributed by atoms with Gasteiger partial charge in [0.1, 0.15) is 6.61 Å². The van der Waals surface area contributed by atoms with Gasteiger partial charge in [0.05, 0.1) is 26.4 Å². The third-order valence-corrected chi connectivity index (χ3v) is 2.13. The molecule has 0 fully saturated rings. The van der Waals surface area contributed by atoms with Crippen LogP contribution in [0.3, 0.4) is 0 Å². The third kappa shape index (κ3) is 6.16. The lowest BCUT2D eigenvalue weighted by molar-refractivity contribution is 0.0253. The molecule has 0 spiro atoms. The molecule has 0 amide bonds. The van der Waals surface area contributed by atoms with E-state index < -0.39 is 0 Å². The van der Waals surface area contributed by atoms with Gasteiger partial charge in [-0.1, -0.05) is 30.3 Å². The lowest BCUT2D eigenvalue weighted by Gasteiger charge is -2.05. The molecule has 4 heteroatoms. The summed E-state index contributed by atoms with van der Waals surface area (Å²) in [5.41, 5.74) is 0.674. The second-order valence-electron chi connectivity index (χ2n) is 3.45. The SMILES string of the molecule is COCCOCCOCC(=O)c1ccccc1. The molecule has 1 aromatic rings. The van der Waals surface area contributed by atoms with E-state index >= 15 is 0 Å². The fraction of sp³-hybridized carbons (Fsp3) is 0.462. The van der Waals surface area contributed by atoms with Crippen LogP contribution in [-0.2, 0) is 14.2 Å². The number of rotatable bonds is 9. The molecule has 17 heavy (non-hydrogen) atoms. The summed E-state index contributed by atoms with van der Waals surface area (Å²) in [5, 5.41) is 0. The Balaban J connectivity index is 2.05. The minimum atomic E-state index is -0.0116. The maximum Gasteiger partial charge on any atom is 0.188 e. The van der Waals surface area contributed by atoms with Crippen molar-refractivity contribution < 1.29 is 19.0 Å². The molecule has 1 aromatic carbocycles. The maximum absolute atomic E-state index is 11.6. The van der Waals surface area contributed by atoms with Gasteiger partial charge in [0, 0.05) is 12.7 Å². The summed E-state index contributed by atoms with van der Waals surface area (Å²) in [6.45, 7) is 2.11. The molecule has 4 nitrogen and oxygen atoms in total. The van der Waals surface area contributed by atoms with Gasteiger partial charge in [0.2, 0.25) is 0 Å². The fourth-order valence-corrected chi connectivity index (χ4v) is 1.23. The molecule has 0 unspecified atom stereocenters. The number of hydrogen-bond acceptors (Lipinski definition) is 4. The Kier molecular flexibility index (Phi) is 7.22. The average Bonchev–Trinajstić information content (AvgIpc) is 2.38. The van der Waals surface area contributed by atoms with E-state index in [1.54, 1.807) is 19.2 Å². The summed E-state index contributed by atoms with van der Waals surface area (Å²) >= 11 is 0. The molecular weight excluding hydrogens is 220 g/mol. The van der Waals surface area contributed by atoms with Gasteiger partial charge in [-0.15, -0.1) is 0 Å². The summed E-state index contributed by atoms with van der Waals surface area (Å²) in [6, 6.07) is 9.10. The van der Waals surface area contributed by atoms with E-state index in [1.165, 1.54) is 0 Å². The summed E-state index contributed by atoms with van der Waals surface area (Å²) in [6.07, 6.45) is 0. The molecule has 0 N–H and O–H groups in total. The van der Waals surface area contributed by atoms with Crippen molar-refractivity contribution >= 4 is 5.78 Å². The average molecular weight is 238 g/mol. The highest BCUT2D eigenvalue weighted by atomic mass is 16.5. The highest BCUT2D eigenvalue weighted by molar-refractivity contribution is 5.96. The molecule has 0 aliphatic heterocycles. The van der Waals surface area contributed by atoms with Crippen LogP contribution in [0.25, 0.3) is 0 Å². The number of carbonyl (C=O) groups is 1. The van der Waals surface area contributed by atoms with E-state index in [4.69, 9.17) is 14.2 Å². The molecule has 0 bridgehead atoms. The van der Waals surface area contributed by atoms with Gasteiger partial charge >= 0.3 is 0 Å². The second kappa shape index (κ2) is 8.87. The first-order chi connectivity index (χ1) is 8.34. The number of hydrogen-bond donors (Lipinski definition) is 0. The third-order valence-electron chi connectivity index (χ3n) is 2.13. The fourth-order valence-electron chi connectivity index (χ4n) is 1.23. The molecule has 0 aliphatic carbocycles. The normalized spacial score (nSPS) is 10.4. The van der Waals surface area contributed by atoms with Crippen LogP contribution < -0.4 is 0 Å². The van der Waals surface area contributed by atoms with Crippen LogP contribution >= 0.6 is 0 Å². The molecule has 0 radical (unpaired) electrons. The Morgan fingerprint density at radius 3 is 2.35 bits per heavy atom. The van der Waals surface area contributed by atoms with Crippen LogP contribution in [-0.4, -0.2) is 45.9 Å².